The molecule has 0 aliphatic carbocycles. The smallest absolute Gasteiger partial charge is 0.000802 e. The van der Waals surface area contributed by atoms with Crippen LogP contribution in [-0.2, 0) is 6.42 Å². The van der Waals surface area contributed by atoms with E-state index in [1.165, 1.54) is 27.8 Å². The number of rotatable bonds is 6. The van der Waals surface area contributed by atoms with Crippen molar-refractivity contribution in [2.45, 2.75) is 41.0 Å². The lowest BCUT2D eigenvalue weighted by Gasteiger charge is -2.16. The molecule has 2 heteroatoms. The lowest BCUT2D eigenvalue weighted by atomic mass is 9.92. The largest absolute Gasteiger partial charge is 0.330 e. The summed E-state index contributed by atoms with van der Waals surface area (Å²) in [6.45, 7) is 13.9. The van der Waals surface area contributed by atoms with Crippen molar-refractivity contribution in [2.75, 3.05) is 19.6 Å². The Kier molecular flexibility index (Phi) is 5.83. The van der Waals surface area contributed by atoms with Crippen molar-refractivity contribution >= 4 is 0 Å². The van der Waals surface area contributed by atoms with E-state index in [-0.39, 0.29) is 0 Å². The van der Waals surface area contributed by atoms with Gasteiger partial charge in [-0.3, -0.25) is 0 Å². The van der Waals surface area contributed by atoms with Gasteiger partial charge in [-0.2, -0.15) is 0 Å². The maximum Gasteiger partial charge on any atom is -0.000802 e. The topological polar surface area (TPSA) is 38.0 Å². The third-order valence-electron chi connectivity index (χ3n) is 3.97. The highest BCUT2D eigenvalue weighted by Gasteiger charge is 2.08. The monoisotopic (exact) mass is 248 g/mol. The Bertz CT molecular complexity index is 370. The molecule has 1 aromatic rings. The van der Waals surface area contributed by atoms with Gasteiger partial charge < -0.3 is 11.1 Å². The van der Waals surface area contributed by atoms with E-state index in [1.807, 2.05) is 0 Å². The van der Waals surface area contributed by atoms with Gasteiger partial charge >= 0.3 is 0 Å². The summed E-state index contributed by atoms with van der Waals surface area (Å²) in [6, 6.07) is 2.29. The zero-order chi connectivity index (χ0) is 13.7. The van der Waals surface area contributed by atoms with Crippen LogP contribution in [0.25, 0.3) is 0 Å². The molecule has 18 heavy (non-hydrogen) atoms. The quantitative estimate of drug-likeness (QED) is 0.760. The predicted molar refractivity (Wildman–Crippen MR) is 80.2 cm³/mol. The molecule has 0 aliphatic rings. The van der Waals surface area contributed by atoms with E-state index in [9.17, 15) is 0 Å². The molecule has 0 heterocycles. The second kappa shape index (κ2) is 6.91. The van der Waals surface area contributed by atoms with Crippen LogP contribution in [0.5, 0.6) is 0 Å². The Balaban J connectivity index is 2.62. The Morgan fingerprint density at radius 1 is 1.11 bits per heavy atom. The molecule has 0 bridgehead atoms. The molecule has 0 aliphatic heterocycles. The number of hydrogen-bond acceptors (Lipinski definition) is 2. The molecule has 1 aromatic carbocycles. The van der Waals surface area contributed by atoms with Gasteiger partial charge in [-0.15, -0.1) is 0 Å². The van der Waals surface area contributed by atoms with Crippen LogP contribution in [0, 0.1) is 33.6 Å². The Hall–Kier alpha value is -0.860. The summed E-state index contributed by atoms with van der Waals surface area (Å²) in [5.74, 6) is 0.562. The second-order valence-corrected chi connectivity index (χ2v) is 5.53. The fourth-order valence-corrected chi connectivity index (χ4v) is 2.32. The molecule has 1 atom stereocenters. The van der Waals surface area contributed by atoms with Gasteiger partial charge in [-0.25, -0.2) is 0 Å². The predicted octanol–water partition coefficient (Wildman–Crippen LogP) is 2.65. The number of aryl methyl sites for hydroxylation is 2. The fraction of sp³-hybridized carbons (Fsp3) is 0.625. The molecule has 2 nitrogen and oxygen atoms in total. The van der Waals surface area contributed by atoms with Crippen LogP contribution in [-0.4, -0.2) is 19.6 Å². The summed E-state index contributed by atoms with van der Waals surface area (Å²) >= 11 is 0. The number of nitrogens with one attached hydrogen (secondary N) is 1. The molecule has 1 unspecified atom stereocenters. The van der Waals surface area contributed by atoms with Crippen molar-refractivity contribution in [1.29, 1.82) is 0 Å². The third-order valence-corrected chi connectivity index (χ3v) is 3.97. The first-order chi connectivity index (χ1) is 8.47. The first-order valence-corrected chi connectivity index (χ1v) is 6.94. The van der Waals surface area contributed by atoms with Crippen LogP contribution in [0.2, 0.25) is 0 Å². The minimum Gasteiger partial charge on any atom is -0.330 e. The molecule has 102 valence electrons. The van der Waals surface area contributed by atoms with Gasteiger partial charge in [0, 0.05) is 0 Å². The zero-order valence-corrected chi connectivity index (χ0v) is 12.6. The van der Waals surface area contributed by atoms with E-state index in [0.717, 1.165) is 26.1 Å². The minimum absolute atomic E-state index is 0.562. The molecule has 1 rings (SSSR count). The van der Waals surface area contributed by atoms with Gasteiger partial charge in [0.15, 0.2) is 0 Å². The highest BCUT2D eigenvalue weighted by molar-refractivity contribution is 5.44. The Labute approximate surface area is 112 Å². The maximum atomic E-state index is 5.61. The third kappa shape index (κ3) is 3.82. The molecule has 0 spiro atoms. The molecule has 0 amide bonds. The summed E-state index contributed by atoms with van der Waals surface area (Å²) in [4.78, 5) is 0. The van der Waals surface area contributed by atoms with Crippen molar-refractivity contribution in [2.24, 2.45) is 11.7 Å². The van der Waals surface area contributed by atoms with Gasteiger partial charge in [-0.1, -0.05) is 13.0 Å². The normalized spacial score (nSPS) is 12.8. The summed E-state index contributed by atoms with van der Waals surface area (Å²) in [7, 11) is 0. The van der Waals surface area contributed by atoms with Crippen LogP contribution in [0.3, 0.4) is 0 Å². The average molecular weight is 248 g/mol. The lowest BCUT2D eigenvalue weighted by molar-refractivity contribution is 0.524. The van der Waals surface area contributed by atoms with Crippen molar-refractivity contribution in [1.82, 2.24) is 5.32 Å². The number of benzene rings is 1. The van der Waals surface area contributed by atoms with Gasteiger partial charge in [0.05, 0.1) is 0 Å². The van der Waals surface area contributed by atoms with E-state index in [2.05, 4.69) is 46.0 Å². The van der Waals surface area contributed by atoms with Crippen LogP contribution < -0.4 is 11.1 Å². The molecule has 3 N–H and O–H groups in total. The van der Waals surface area contributed by atoms with Crippen molar-refractivity contribution < 1.29 is 0 Å². The van der Waals surface area contributed by atoms with Crippen LogP contribution >= 0.6 is 0 Å². The van der Waals surface area contributed by atoms with Gasteiger partial charge in [0.1, 0.15) is 0 Å². The van der Waals surface area contributed by atoms with E-state index >= 15 is 0 Å². The van der Waals surface area contributed by atoms with Gasteiger partial charge in [-0.05, 0) is 87.5 Å². The van der Waals surface area contributed by atoms with Crippen LogP contribution in [0.15, 0.2) is 6.07 Å². The average Bonchev–Trinajstić information content (AvgIpc) is 2.35. The standard InChI is InChI=1S/C16H28N2/c1-11(9-17)10-18-7-6-16-14(4)12(2)8-13(3)15(16)5/h8,11,18H,6-7,9-10,17H2,1-5H3. The molecule has 0 aromatic heterocycles. The van der Waals surface area contributed by atoms with Crippen LogP contribution in [0.4, 0.5) is 0 Å². The van der Waals surface area contributed by atoms with E-state index < -0.39 is 0 Å². The van der Waals surface area contributed by atoms with Crippen LogP contribution in [0.1, 0.15) is 34.7 Å². The number of hydrogen-bond donors (Lipinski definition) is 2. The Morgan fingerprint density at radius 2 is 1.67 bits per heavy atom. The number of nitrogens with two attached hydrogens (primary N) is 1. The summed E-state index contributed by atoms with van der Waals surface area (Å²) in [5, 5.41) is 3.50. The van der Waals surface area contributed by atoms with E-state index in [0.29, 0.717) is 5.92 Å². The van der Waals surface area contributed by atoms with Crippen molar-refractivity contribution in [3.63, 3.8) is 0 Å². The van der Waals surface area contributed by atoms with Gasteiger partial charge in [0.2, 0.25) is 0 Å². The molecular formula is C16H28N2. The zero-order valence-electron chi connectivity index (χ0n) is 12.6. The highest BCUT2D eigenvalue weighted by Crippen LogP contribution is 2.21. The van der Waals surface area contributed by atoms with Gasteiger partial charge in [0.25, 0.3) is 0 Å². The minimum atomic E-state index is 0.562. The summed E-state index contributed by atoms with van der Waals surface area (Å²) in [5.41, 5.74) is 12.8. The molecule has 0 radical (unpaired) electrons. The SMILES string of the molecule is Cc1cc(C)c(C)c(CCNCC(C)CN)c1C. The van der Waals surface area contributed by atoms with Crippen molar-refractivity contribution in [3.8, 4) is 0 Å². The second-order valence-electron chi connectivity index (χ2n) is 5.53. The Morgan fingerprint density at radius 3 is 2.17 bits per heavy atom. The summed E-state index contributed by atoms with van der Waals surface area (Å²) < 4.78 is 0. The fourth-order valence-electron chi connectivity index (χ4n) is 2.32. The first kappa shape index (κ1) is 15.2. The lowest BCUT2D eigenvalue weighted by Crippen LogP contribution is -2.28. The maximum absolute atomic E-state index is 5.61. The molecule has 0 saturated carbocycles. The molecular weight excluding hydrogens is 220 g/mol. The summed E-state index contributed by atoms with van der Waals surface area (Å²) in [6.07, 6.45) is 1.11. The first-order valence-electron chi connectivity index (χ1n) is 6.94. The molecule has 0 fully saturated rings. The van der Waals surface area contributed by atoms with E-state index in [1.54, 1.807) is 0 Å². The van der Waals surface area contributed by atoms with Crippen molar-refractivity contribution in [3.05, 3.63) is 33.9 Å². The van der Waals surface area contributed by atoms with E-state index in [4.69, 9.17) is 5.73 Å². The highest BCUT2D eigenvalue weighted by atomic mass is 14.9. The molecule has 0 saturated heterocycles.